The fourth-order valence-corrected chi connectivity index (χ4v) is 1.79. The third-order valence-corrected chi connectivity index (χ3v) is 3.13. The van der Waals surface area contributed by atoms with E-state index in [0.717, 1.165) is 11.3 Å². The summed E-state index contributed by atoms with van der Waals surface area (Å²) in [5.74, 6) is 0.0478. The first kappa shape index (κ1) is 13.2. The van der Waals surface area contributed by atoms with Gasteiger partial charge in [-0.2, -0.15) is 5.10 Å². The third kappa shape index (κ3) is 2.62. The summed E-state index contributed by atoms with van der Waals surface area (Å²) >= 11 is 0. The van der Waals surface area contributed by atoms with Gasteiger partial charge in [-0.25, -0.2) is 4.39 Å². The summed E-state index contributed by atoms with van der Waals surface area (Å²) < 4.78 is 20.6. The van der Waals surface area contributed by atoms with Gasteiger partial charge < -0.3 is 15.8 Å². The minimum atomic E-state index is -0.403. The first-order valence-corrected chi connectivity index (χ1v) is 5.87. The second kappa shape index (κ2) is 5.17. The Morgan fingerprint density at radius 3 is 2.79 bits per heavy atom. The van der Waals surface area contributed by atoms with Crippen molar-refractivity contribution in [2.45, 2.75) is 13.5 Å². The number of aromatic nitrogens is 2. The van der Waals surface area contributed by atoms with Crippen LogP contribution in [0.1, 0.15) is 11.3 Å². The van der Waals surface area contributed by atoms with Gasteiger partial charge in [-0.1, -0.05) is 0 Å². The summed E-state index contributed by atoms with van der Waals surface area (Å²) in [6.07, 6.45) is 1.76. The number of nitrogens with two attached hydrogens (primary N) is 1. The molecule has 2 aromatic rings. The van der Waals surface area contributed by atoms with E-state index in [0.29, 0.717) is 18.0 Å². The summed E-state index contributed by atoms with van der Waals surface area (Å²) in [6, 6.07) is 2.80. The van der Waals surface area contributed by atoms with Crippen LogP contribution < -0.4 is 15.8 Å². The van der Waals surface area contributed by atoms with Crippen LogP contribution in [-0.4, -0.2) is 16.9 Å². The van der Waals surface area contributed by atoms with Crippen molar-refractivity contribution in [2.75, 3.05) is 18.2 Å². The highest BCUT2D eigenvalue weighted by Gasteiger charge is 2.09. The van der Waals surface area contributed by atoms with Gasteiger partial charge in [0.1, 0.15) is 11.6 Å². The third-order valence-electron chi connectivity index (χ3n) is 3.13. The number of rotatable bonds is 4. The van der Waals surface area contributed by atoms with E-state index in [2.05, 4.69) is 10.4 Å². The molecule has 0 saturated carbocycles. The molecule has 0 amide bonds. The number of hydrogen-bond acceptors (Lipinski definition) is 4. The molecule has 1 heterocycles. The van der Waals surface area contributed by atoms with Crippen LogP contribution in [0.2, 0.25) is 0 Å². The Labute approximate surface area is 111 Å². The van der Waals surface area contributed by atoms with E-state index >= 15 is 0 Å². The maximum absolute atomic E-state index is 13.8. The molecule has 1 aromatic heterocycles. The average Bonchev–Trinajstić information content (AvgIpc) is 2.69. The zero-order chi connectivity index (χ0) is 14.0. The maximum Gasteiger partial charge on any atom is 0.148 e. The molecule has 0 unspecified atom stereocenters. The second-order valence-electron chi connectivity index (χ2n) is 4.31. The molecule has 5 nitrogen and oxygen atoms in total. The Hall–Kier alpha value is -2.24. The number of nitrogen functional groups attached to an aromatic ring is 1. The molecule has 0 spiro atoms. The van der Waals surface area contributed by atoms with Crippen LogP contribution in [0.4, 0.5) is 15.8 Å². The molecule has 3 N–H and O–H groups in total. The van der Waals surface area contributed by atoms with Crippen molar-refractivity contribution in [3.63, 3.8) is 0 Å². The molecule has 0 fully saturated rings. The van der Waals surface area contributed by atoms with E-state index in [-0.39, 0.29) is 5.69 Å². The summed E-state index contributed by atoms with van der Waals surface area (Å²) in [5, 5.41) is 7.16. The second-order valence-corrected chi connectivity index (χ2v) is 4.31. The number of aryl methyl sites for hydroxylation is 1. The highest BCUT2D eigenvalue weighted by atomic mass is 19.1. The molecule has 0 aliphatic carbocycles. The molecule has 6 heteroatoms. The lowest BCUT2D eigenvalue weighted by atomic mass is 10.2. The fourth-order valence-electron chi connectivity index (χ4n) is 1.79. The topological polar surface area (TPSA) is 65.1 Å². The van der Waals surface area contributed by atoms with E-state index < -0.39 is 5.82 Å². The zero-order valence-electron chi connectivity index (χ0n) is 11.2. The maximum atomic E-state index is 13.8. The molecule has 1 aromatic carbocycles. The molecule has 0 atom stereocenters. The Morgan fingerprint density at radius 1 is 1.47 bits per heavy atom. The highest BCUT2D eigenvalue weighted by Crippen LogP contribution is 2.28. The molecule has 0 saturated heterocycles. The van der Waals surface area contributed by atoms with E-state index in [9.17, 15) is 4.39 Å². The van der Waals surface area contributed by atoms with Crippen molar-refractivity contribution in [3.05, 3.63) is 35.4 Å². The summed E-state index contributed by atoms with van der Waals surface area (Å²) in [4.78, 5) is 0. The molecule has 0 bridgehead atoms. The Balaban J connectivity index is 2.17. The van der Waals surface area contributed by atoms with Crippen LogP contribution in [0.25, 0.3) is 0 Å². The first-order valence-electron chi connectivity index (χ1n) is 5.87. The molecule has 0 aliphatic rings. The van der Waals surface area contributed by atoms with E-state index in [4.69, 9.17) is 10.5 Å². The summed E-state index contributed by atoms with van der Waals surface area (Å²) in [6.45, 7) is 2.45. The SMILES string of the molecule is COc1cc(NCc2cnn(C)c2C)c(F)cc1N. The van der Waals surface area contributed by atoms with Gasteiger partial charge in [0.05, 0.1) is 24.7 Å². The largest absolute Gasteiger partial charge is 0.495 e. The summed E-state index contributed by atoms with van der Waals surface area (Å²) in [5.41, 5.74) is 8.31. The van der Waals surface area contributed by atoms with Crippen LogP contribution in [0.15, 0.2) is 18.3 Å². The quantitative estimate of drug-likeness (QED) is 0.830. The monoisotopic (exact) mass is 264 g/mol. The summed E-state index contributed by atoms with van der Waals surface area (Å²) in [7, 11) is 3.37. The lowest BCUT2D eigenvalue weighted by Gasteiger charge is -2.11. The van der Waals surface area contributed by atoms with Crippen molar-refractivity contribution in [1.29, 1.82) is 0 Å². The highest BCUT2D eigenvalue weighted by molar-refractivity contribution is 5.62. The average molecular weight is 264 g/mol. The number of benzene rings is 1. The van der Waals surface area contributed by atoms with Crippen LogP contribution in [-0.2, 0) is 13.6 Å². The van der Waals surface area contributed by atoms with Crippen molar-refractivity contribution in [2.24, 2.45) is 7.05 Å². The van der Waals surface area contributed by atoms with Crippen LogP contribution in [0, 0.1) is 12.7 Å². The van der Waals surface area contributed by atoms with Gasteiger partial charge in [0, 0.05) is 37.0 Å². The number of methoxy groups -OCH3 is 1. The predicted molar refractivity (Wildman–Crippen MR) is 72.6 cm³/mol. The zero-order valence-corrected chi connectivity index (χ0v) is 11.2. The molecule has 0 radical (unpaired) electrons. The molecule has 102 valence electrons. The van der Waals surface area contributed by atoms with Gasteiger partial charge in [-0.15, -0.1) is 0 Å². The van der Waals surface area contributed by atoms with Crippen molar-refractivity contribution < 1.29 is 9.13 Å². The standard InChI is InChI=1S/C13H17FN4O/c1-8-9(7-17-18(8)2)6-16-12-5-13(19-3)11(15)4-10(12)14/h4-5,7,16H,6,15H2,1-3H3. The lowest BCUT2D eigenvalue weighted by molar-refractivity contribution is 0.416. The van der Waals surface area contributed by atoms with Gasteiger partial charge in [0.25, 0.3) is 0 Å². The Kier molecular flexibility index (Phi) is 3.59. The van der Waals surface area contributed by atoms with E-state index in [1.165, 1.54) is 13.2 Å². The van der Waals surface area contributed by atoms with Crippen molar-refractivity contribution >= 4 is 11.4 Å². The normalized spacial score (nSPS) is 10.5. The van der Waals surface area contributed by atoms with Gasteiger partial charge in [-0.3, -0.25) is 4.68 Å². The van der Waals surface area contributed by atoms with Crippen molar-refractivity contribution in [1.82, 2.24) is 9.78 Å². The van der Waals surface area contributed by atoms with Crippen molar-refractivity contribution in [3.8, 4) is 5.75 Å². The number of hydrogen-bond donors (Lipinski definition) is 2. The van der Waals surface area contributed by atoms with Crippen LogP contribution in [0.5, 0.6) is 5.75 Å². The van der Waals surface area contributed by atoms with E-state index in [1.807, 2.05) is 14.0 Å². The van der Waals surface area contributed by atoms with Gasteiger partial charge in [-0.05, 0) is 6.92 Å². The molecular weight excluding hydrogens is 247 g/mol. The number of ether oxygens (including phenoxy) is 1. The molecular formula is C13H17FN4O. The predicted octanol–water partition coefficient (Wildman–Crippen LogP) is 2.07. The number of nitrogens with zero attached hydrogens (tertiary/aromatic N) is 2. The minimum Gasteiger partial charge on any atom is -0.495 e. The Morgan fingerprint density at radius 2 is 2.21 bits per heavy atom. The van der Waals surface area contributed by atoms with Gasteiger partial charge in [0.15, 0.2) is 0 Å². The lowest BCUT2D eigenvalue weighted by Crippen LogP contribution is -2.04. The van der Waals surface area contributed by atoms with E-state index in [1.54, 1.807) is 16.9 Å². The number of halogens is 1. The minimum absolute atomic E-state index is 0.281. The molecule has 19 heavy (non-hydrogen) atoms. The molecule has 2 rings (SSSR count). The molecule has 0 aliphatic heterocycles. The fraction of sp³-hybridized carbons (Fsp3) is 0.308. The van der Waals surface area contributed by atoms with Crippen LogP contribution in [0.3, 0.4) is 0 Å². The van der Waals surface area contributed by atoms with Gasteiger partial charge >= 0.3 is 0 Å². The Bertz CT molecular complexity index is 595. The van der Waals surface area contributed by atoms with Crippen LogP contribution >= 0.6 is 0 Å². The number of nitrogens with one attached hydrogen (secondary N) is 1. The number of anilines is 2. The van der Waals surface area contributed by atoms with Gasteiger partial charge in [0.2, 0.25) is 0 Å². The smallest absolute Gasteiger partial charge is 0.148 e. The first-order chi connectivity index (χ1) is 9.02.